The summed E-state index contributed by atoms with van der Waals surface area (Å²) in [5.41, 5.74) is 2.59. The topological polar surface area (TPSA) is 67.5 Å². The van der Waals surface area contributed by atoms with Crippen LogP contribution in [0.3, 0.4) is 0 Å². The summed E-state index contributed by atoms with van der Waals surface area (Å²) in [6, 6.07) is 6.62. The number of aromatic nitrogens is 1. The maximum absolute atomic E-state index is 11.6. The van der Waals surface area contributed by atoms with E-state index in [1.54, 1.807) is 24.3 Å². The molecular formula is C11H8ClN3O2. The SMILES string of the molecule is O=C(N/N=C/c1ccco1)c1cccnc1Cl. The second-order valence-electron chi connectivity index (χ2n) is 3.06. The van der Waals surface area contributed by atoms with Crippen LogP contribution in [0.25, 0.3) is 0 Å². The van der Waals surface area contributed by atoms with Gasteiger partial charge in [0.05, 0.1) is 18.0 Å². The van der Waals surface area contributed by atoms with Crippen molar-refractivity contribution in [2.75, 3.05) is 0 Å². The monoisotopic (exact) mass is 249 g/mol. The van der Waals surface area contributed by atoms with Gasteiger partial charge in [-0.3, -0.25) is 4.79 Å². The van der Waals surface area contributed by atoms with Gasteiger partial charge < -0.3 is 4.42 Å². The molecule has 6 heteroatoms. The van der Waals surface area contributed by atoms with E-state index in [9.17, 15) is 4.79 Å². The third-order valence-corrected chi connectivity index (χ3v) is 2.21. The normalized spacial score (nSPS) is 10.6. The molecule has 2 heterocycles. The molecule has 1 amide bonds. The van der Waals surface area contributed by atoms with E-state index in [2.05, 4.69) is 15.5 Å². The van der Waals surface area contributed by atoms with Gasteiger partial charge in [0.25, 0.3) is 5.91 Å². The van der Waals surface area contributed by atoms with Crippen LogP contribution in [0.1, 0.15) is 16.1 Å². The van der Waals surface area contributed by atoms with Crippen molar-refractivity contribution in [2.24, 2.45) is 5.10 Å². The Morgan fingerprint density at radius 2 is 2.35 bits per heavy atom. The Hall–Kier alpha value is -2.14. The number of pyridine rings is 1. The number of hydrogen-bond donors (Lipinski definition) is 1. The van der Waals surface area contributed by atoms with Gasteiger partial charge in [0, 0.05) is 6.20 Å². The van der Waals surface area contributed by atoms with Crippen LogP contribution in [-0.4, -0.2) is 17.1 Å². The molecule has 0 aliphatic rings. The summed E-state index contributed by atoms with van der Waals surface area (Å²) in [5.74, 6) is 0.119. The van der Waals surface area contributed by atoms with E-state index < -0.39 is 5.91 Å². The molecule has 5 nitrogen and oxygen atoms in total. The maximum atomic E-state index is 11.6. The van der Waals surface area contributed by atoms with Gasteiger partial charge >= 0.3 is 0 Å². The van der Waals surface area contributed by atoms with Crippen molar-refractivity contribution in [1.29, 1.82) is 0 Å². The predicted molar refractivity (Wildman–Crippen MR) is 63.0 cm³/mol. The minimum Gasteiger partial charge on any atom is -0.463 e. The smallest absolute Gasteiger partial charge is 0.274 e. The van der Waals surface area contributed by atoms with Gasteiger partial charge in [0.15, 0.2) is 0 Å². The molecule has 1 N–H and O–H groups in total. The lowest BCUT2D eigenvalue weighted by Gasteiger charge is -2.00. The lowest BCUT2D eigenvalue weighted by Crippen LogP contribution is -2.18. The number of carbonyl (C=O) groups excluding carboxylic acids is 1. The van der Waals surface area contributed by atoms with Crippen LogP contribution in [0.4, 0.5) is 0 Å². The molecule has 0 aliphatic heterocycles. The van der Waals surface area contributed by atoms with Crippen molar-refractivity contribution in [3.05, 3.63) is 53.2 Å². The van der Waals surface area contributed by atoms with Crippen LogP contribution in [0.2, 0.25) is 5.15 Å². The van der Waals surface area contributed by atoms with Crippen molar-refractivity contribution in [1.82, 2.24) is 10.4 Å². The minimum atomic E-state index is -0.425. The van der Waals surface area contributed by atoms with Crippen LogP contribution >= 0.6 is 11.6 Å². The Bertz CT molecular complexity index is 537. The number of amides is 1. The fourth-order valence-electron chi connectivity index (χ4n) is 1.13. The van der Waals surface area contributed by atoms with Gasteiger partial charge in [-0.05, 0) is 24.3 Å². The molecule has 2 aromatic heterocycles. The van der Waals surface area contributed by atoms with E-state index in [4.69, 9.17) is 16.0 Å². The Balaban J connectivity index is 2.01. The third-order valence-electron chi connectivity index (χ3n) is 1.90. The molecule has 2 aromatic rings. The quantitative estimate of drug-likeness (QED) is 0.515. The molecule has 0 saturated carbocycles. The van der Waals surface area contributed by atoms with Crippen molar-refractivity contribution >= 4 is 23.7 Å². The molecule has 0 radical (unpaired) electrons. The second kappa shape index (κ2) is 5.27. The van der Waals surface area contributed by atoms with E-state index >= 15 is 0 Å². The van der Waals surface area contributed by atoms with Crippen LogP contribution in [0.15, 0.2) is 46.2 Å². The second-order valence-corrected chi connectivity index (χ2v) is 3.41. The van der Waals surface area contributed by atoms with Gasteiger partial charge in [-0.15, -0.1) is 0 Å². The first-order valence-electron chi connectivity index (χ1n) is 4.75. The maximum Gasteiger partial charge on any atom is 0.274 e. The molecule has 17 heavy (non-hydrogen) atoms. The Labute approximate surface area is 102 Å². The van der Waals surface area contributed by atoms with Crippen LogP contribution in [0.5, 0.6) is 0 Å². The minimum absolute atomic E-state index is 0.137. The van der Waals surface area contributed by atoms with Crippen molar-refractivity contribution < 1.29 is 9.21 Å². The van der Waals surface area contributed by atoms with E-state index in [1.807, 2.05) is 0 Å². The summed E-state index contributed by atoms with van der Waals surface area (Å²) in [5, 5.41) is 3.86. The number of hydrazone groups is 1. The van der Waals surface area contributed by atoms with E-state index in [1.165, 1.54) is 18.7 Å². The summed E-state index contributed by atoms with van der Waals surface area (Å²) in [4.78, 5) is 15.4. The van der Waals surface area contributed by atoms with Gasteiger partial charge in [-0.1, -0.05) is 11.6 Å². The number of hydrogen-bond acceptors (Lipinski definition) is 4. The zero-order valence-corrected chi connectivity index (χ0v) is 9.39. The molecule has 0 aliphatic carbocycles. The zero-order chi connectivity index (χ0) is 12.1. The fraction of sp³-hybridized carbons (Fsp3) is 0. The van der Waals surface area contributed by atoms with E-state index in [-0.39, 0.29) is 10.7 Å². The zero-order valence-electron chi connectivity index (χ0n) is 8.63. The highest BCUT2D eigenvalue weighted by atomic mass is 35.5. The highest BCUT2D eigenvalue weighted by molar-refractivity contribution is 6.32. The van der Waals surface area contributed by atoms with Crippen LogP contribution < -0.4 is 5.43 Å². The first kappa shape index (κ1) is 11.3. The number of halogens is 1. The summed E-state index contributed by atoms with van der Waals surface area (Å²) in [6.07, 6.45) is 4.41. The van der Waals surface area contributed by atoms with Crippen LogP contribution in [-0.2, 0) is 0 Å². The standard InChI is InChI=1S/C11H8ClN3O2/c12-10-9(4-1-5-13-10)11(16)15-14-7-8-3-2-6-17-8/h1-7H,(H,15,16)/b14-7+. The number of rotatable bonds is 3. The predicted octanol–water partition coefficient (Wildman–Crippen LogP) is 2.09. The molecule has 0 unspecified atom stereocenters. The van der Waals surface area contributed by atoms with E-state index in [0.717, 1.165) is 0 Å². The fourth-order valence-corrected chi connectivity index (χ4v) is 1.34. The van der Waals surface area contributed by atoms with Gasteiger partial charge in [-0.25, -0.2) is 10.4 Å². The first-order chi connectivity index (χ1) is 8.27. The Morgan fingerprint density at radius 1 is 1.47 bits per heavy atom. The summed E-state index contributed by atoms with van der Waals surface area (Å²) >= 11 is 5.76. The molecule has 0 aromatic carbocycles. The van der Waals surface area contributed by atoms with Crippen molar-refractivity contribution in [3.63, 3.8) is 0 Å². The van der Waals surface area contributed by atoms with Crippen molar-refractivity contribution in [2.45, 2.75) is 0 Å². The van der Waals surface area contributed by atoms with Crippen LogP contribution in [0, 0.1) is 0 Å². The summed E-state index contributed by atoms with van der Waals surface area (Å²) in [7, 11) is 0. The third kappa shape index (κ3) is 2.92. The van der Waals surface area contributed by atoms with Gasteiger partial charge in [0.1, 0.15) is 10.9 Å². The highest BCUT2D eigenvalue weighted by Gasteiger charge is 2.08. The lowest BCUT2D eigenvalue weighted by molar-refractivity contribution is 0.0955. The molecule has 0 spiro atoms. The molecular weight excluding hydrogens is 242 g/mol. The summed E-state index contributed by atoms with van der Waals surface area (Å²) in [6.45, 7) is 0. The van der Waals surface area contributed by atoms with E-state index in [0.29, 0.717) is 5.76 Å². The average Bonchev–Trinajstić information content (AvgIpc) is 2.82. The Morgan fingerprint density at radius 3 is 3.06 bits per heavy atom. The molecule has 0 bridgehead atoms. The van der Waals surface area contributed by atoms with Gasteiger partial charge in [0.2, 0.25) is 0 Å². The highest BCUT2D eigenvalue weighted by Crippen LogP contribution is 2.10. The van der Waals surface area contributed by atoms with Gasteiger partial charge in [-0.2, -0.15) is 5.10 Å². The molecule has 86 valence electrons. The molecule has 0 fully saturated rings. The van der Waals surface area contributed by atoms with Crippen molar-refractivity contribution in [3.8, 4) is 0 Å². The number of nitrogens with one attached hydrogen (secondary N) is 1. The average molecular weight is 250 g/mol. The largest absolute Gasteiger partial charge is 0.463 e. The lowest BCUT2D eigenvalue weighted by atomic mass is 10.3. The first-order valence-corrected chi connectivity index (χ1v) is 5.12. The number of nitrogens with zero attached hydrogens (tertiary/aromatic N) is 2. The number of carbonyl (C=O) groups is 1. The summed E-state index contributed by atoms with van der Waals surface area (Å²) < 4.78 is 5.01. The number of furan rings is 1. The molecule has 0 atom stereocenters. The molecule has 2 rings (SSSR count). The Kier molecular flexibility index (Phi) is 3.52. The molecule has 0 saturated heterocycles.